The molecule has 0 saturated heterocycles. The Morgan fingerprint density at radius 3 is 2.32 bits per heavy atom. The molecule has 0 aromatic heterocycles. The van der Waals surface area contributed by atoms with Gasteiger partial charge in [-0.1, -0.05) is 19.3 Å². The average molecular weight is 349 g/mol. The van der Waals surface area contributed by atoms with Crippen molar-refractivity contribution >= 4 is 22.4 Å². The van der Waals surface area contributed by atoms with Gasteiger partial charge in [-0.3, -0.25) is 0 Å². The summed E-state index contributed by atoms with van der Waals surface area (Å²) in [5, 5.41) is 0. The zero-order valence-electron chi connectivity index (χ0n) is 12.9. The summed E-state index contributed by atoms with van der Waals surface area (Å²) in [6.45, 7) is 2.74. The van der Waals surface area contributed by atoms with E-state index in [1.165, 1.54) is 6.42 Å². The van der Waals surface area contributed by atoms with Gasteiger partial charge in [0.05, 0.1) is 11.5 Å². The Balaban J connectivity index is 0.00000242. The SMILES string of the molecule is CCOc1ccc(S(=O)(=O)NCC2(N)CCCCC2)cc1.Cl. The first-order valence-electron chi connectivity index (χ1n) is 7.47. The number of sulfonamides is 1. The van der Waals surface area contributed by atoms with Crippen LogP contribution in [0.25, 0.3) is 0 Å². The van der Waals surface area contributed by atoms with E-state index in [2.05, 4.69) is 4.72 Å². The Morgan fingerprint density at radius 1 is 1.18 bits per heavy atom. The van der Waals surface area contributed by atoms with Crippen molar-refractivity contribution in [2.45, 2.75) is 49.5 Å². The molecule has 7 heteroatoms. The third-order valence-corrected chi connectivity index (χ3v) is 5.33. The van der Waals surface area contributed by atoms with Crippen molar-refractivity contribution in [1.29, 1.82) is 0 Å². The molecule has 0 heterocycles. The van der Waals surface area contributed by atoms with Crippen LogP contribution in [-0.4, -0.2) is 27.1 Å². The van der Waals surface area contributed by atoms with E-state index >= 15 is 0 Å². The van der Waals surface area contributed by atoms with Crippen molar-refractivity contribution in [3.05, 3.63) is 24.3 Å². The molecule has 1 aromatic rings. The Hall–Kier alpha value is -0.820. The van der Waals surface area contributed by atoms with Crippen LogP contribution in [0.4, 0.5) is 0 Å². The molecule has 1 aromatic carbocycles. The molecule has 2 rings (SSSR count). The molecule has 1 aliphatic carbocycles. The van der Waals surface area contributed by atoms with E-state index in [4.69, 9.17) is 10.5 Å². The molecule has 22 heavy (non-hydrogen) atoms. The Bertz CT molecular complexity index is 555. The summed E-state index contributed by atoms with van der Waals surface area (Å²) < 4.78 is 32.5. The molecule has 1 fully saturated rings. The van der Waals surface area contributed by atoms with E-state index in [0.717, 1.165) is 25.7 Å². The Morgan fingerprint density at radius 2 is 1.77 bits per heavy atom. The van der Waals surface area contributed by atoms with Crippen LogP contribution in [0.3, 0.4) is 0 Å². The number of hydrogen-bond donors (Lipinski definition) is 2. The van der Waals surface area contributed by atoms with Crippen LogP contribution in [0.2, 0.25) is 0 Å². The van der Waals surface area contributed by atoms with Gasteiger partial charge >= 0.3 is 0 Å². The van der Waals surface area contributed by atoms with Gasteiger partial charge in [-0.2, -0.15) is 0 Å². The maximum absolute atomic E-state index is 12.3. The number of benzene rings is 1. The first-order chi connectivity index (χ1) is 9.95. The van der Waals surface area contributed by atoms with Gasteiger partial charge in [-0.15, -0.1) is 12.4 Å². The summed E-state index contributed by atoms with van der Waals surface area (Å²) in [7, 11) is -3.52. The molecule has 0 bridgehead atoms. The molecule has 5 nitrogen and oxygen atoms in total. The summed E-state index contributed by atoms with van der Waals surface area (Å²) in [5.74, 6) is 0.666. The summed E-state index contributed by atoms with van der Waals surface area (Å²) in [5.41, 5.74) is 5.85. The molecular weight excluding hydrogens is 324 g/mol. The predicted molar refractivity (Wildman–Crippen MR) is 90.1 cm³/mol. The molecule has 3 N–H and O–H groups in total. The molecule has 0 aliphatic heterocycles. The maximum atomic E-state index is 12.3. The lowest BCUT2D eigenvalue weighted by Gasteiger charge is -2.33. The molecule has 0 atom stereocenters. The molecule has 0 unspecified atom stereocenters. The quantitative estimate of drug-likeness (QED) is 0.827. The lowest BCUT2D eigenvalue weighted by molar-refractivity contribution is 0.296. The van der Waals surface area contributed by atoms with E-state index in [0.29, 0.717) is 18.9 Å². The van der Waals surface area contributed by atoms with Crippen molar-refractivity contribution in [3.63, 3.8) is 0 Å². The summed E-state index contributed by atoms with van der Waals surface area (Å²) in [6.07, 6.45) is 5.07. The summed E-state index contributed by atoms with van der Waals surface area (Å²) >= 11 is 0. The zero-order chi connectivity index (χ0) is 15.3. The molecule has 0 spiro atoms. The fourth-order valence-electron chi connectivity index (χ4n) is 2.64. The first kappa shape index (κ1) is 19.2. The van der Waals surface area contributed by atoms with Crippen molar-refractivity contribution < 1.29 is 13.2 Å². The average Bonchev–Trinajstić information content (AvgIpc) is 2.47. The van der Waals surface area contributed by atoms with Crippen molar-refractivity contribution in [2.75, 3.05) is 13.2 Å². The third-order valence-electron chi connectivity index (χ3n) is 3.91. The topological polar surface area (TPSA) is 81.4 Å². The van der Waals surface area contributed by atoms with Gasteiger partial charge < -0.3 is 10.5 Å². The van der Waals surface area contributed by atoms with Crippen LogP contribution >= 0.6 is 12.4 Å². The predicted octanol–water partition coefficient (Wildman–Crippen LogP) is 2.45. The molecule has 0 amide bonds. The van der Waals surface area contributed by atoms with Crippen LogP contribution in [0, 0.1) is 0 Å². The van der Waals surface area contributed by atoms with E-state index in [1.807, 2.05) is 6.92 Å². The smallest absolute Gasteiger partial charge is 0.240 e. The third kappa shape index (κ3) is 5.12. The van der Waals surface area contributed by atoms with Gasteiger partial charge in [-0.05, 0) is 44.0 Å². The minimum atomic E-state index is -3.52. The van der Waals surface area contributed by atoms with Gasteiger partial charge in [-0.25, -0.2) is 13.1 Å². The minimum absolute atomic E-state index is 0. The Kier molecular flexibility index (Phi) is 7.12. The zero-order valence-corrected chi connectivity index (χ0v) is 14.5. The Labute approximate surface area is 139 Å². The monoisotopic (exact) mass is 348 g/mol. The highest BCUT2D eigenvalue weighted by Crippen LogP contribution is 2.25. The number of nitrogens with two attached hydrogens (primary N) is 1. The van der Waals surface area contributed by atoms with Crippen LogP contribution < -0.4 is 15.2 Å². The van der Waals surface area contributed by atoms with Gasteiger partial charge in [0.15, 0.2) is 0 Å². The number of halogens is 1. The van der Waals surface area contributed by atoms with E-state index in [9.17, 15) is 8.42 Å². The fourth-order valence-corrected chi connectivity index (χ4v) is 3.77. The fraction of sp³-hybridized carbons (Fsp3) is 0.600. The molecule has 1 saturated carbocycles. The summed E-state index contributed by atoms with van der Waals surface area (Å²) in [4.78, 5) is 0.241. The van der Waals surface area contributed by atoms with Gasteiger partial charge in [0.25, 0.3) is 0 Å². The van der Waals surface area contributed by atoms with Gasteiger partial charge in [0.2, 0.25) is 10.0 Å². The summed E-state index contributed by atoms with van der Waals surface area (Å²) in [6, 6.07) is 6.43. The second-order valence-electron chi connectivity index (χ2n) is 5.65. The number of hydrogen-bond acceptors (Lipinski definition) is 4. The number of ether oxygens (including phenoxy) is 1. The maximum Gasteiger partial charge on any atom is 0.240 e. The minimum Gasteiger partial charge on any atom is -0.494 e. The molecular formula is C15H25ClN2O3S. The largest absolute Gasteiger partial charge is 0.494 e. The normalized spacial score (nSPS) is 17.5. The van der Waals surface area contributed by atoms with Crippen molar-refractivity contribution in [1.82, 2.24) is 4.72 Å². The lowest BCUT2D eigenvalue weighted by atomic mass is 9.83. The van der Waals surface area contributed by atoms with Crippen LogP contribution in [-0.2, 0) is 10.0 Å². The van der Waals surface area contributed by atoms with Crippen molar-refractivity contribution in [3.8, 4) is 5.75 Å². The van der Waals surface area contributed by atoms with Gasteiger partial charge in [0.1, 0.15) is 5.75 Å². The molecule has 1 aliphatic rings. The highest BCUT2D eigenvalue weighted by atomic mass is 35.5. The number of rotatable bonds is 6. The standard InChI is InChI=1S/C15H24N2O3S.ClH/c1-2-20-13-6-8-14(9-7-13)21(18,19)17-12-15(16)10-4-3-5-11-15;/h6-9,17H,2-5,10-12,16H2,1H3;1H. The second-order valence-corrected chi connectivity index (χ2v) is 7.42. The highest BCUT2D eigenvalue weighted by molar-refractivity contribution is 7.89. The van der Waals surface area contributed by atoms with E-state index in [-0.39, 0.29) is 17.3 Å². The van der Waals surface area contributed by atoms with E-state index in [1.54, 1.807) is 24.3 Å². The highest BCUT2D eigenvalue weighted by Gasteiger charge is 2.29. The van der Waals surface area contributed by atoms with E-state index < -0.39 is 15.6 Å². The van der Waals surface area contributed by atoms with Crippen LogP contribution in [0.15, 0.2) is 29.2 Å². The van der Waals surface area contributed by atoms with Crippen LogP contribution in [0.5, 0.6) is 5.75 Å². The van der Waals surface area contributed by atoms with Crippen molar-refractivity contribution in [2.24, 2.45) is 5.73 Å². The van der Waals surface area contributed by atoms with Gasteiger partial charge in [0, 0.05) is 12.1 Å². The molecule has 126 valence electrons. The lowest BCUT2D eigenvalue weighted by Crippen LogP contribution is -2.51. The van der Waals surface area contributed by atoms with Crippen LogP contribution in [0.1, 0.15) is 39.0 Å². The second kappa shape index (κ2) is 8.15. The number of nitrogens with one attached hydrogen (secondary N) is 1. The first-order valence-corrected chi connectivity index (χ1v) is 8.95. The molecule has 0 radical (unpaired) electrons.